The third-order valence-corrected chi connectivity index (χ3v) is 4.90. The largest absolute Gasteiger partial charge is 0.480 e. The van der Waals surface area contributed by atoms with Crippen molar-refractivity contribution in [2.45, 2.75) is 36.6 Å². The van der Waals surface area contributed by atoms with Gasteiger partial charge in [-0.1, -0.05) is 30.0 Å². The fourth-order valence-corrected chi connectivity index (χ4v) is 3.51. The standard InChI is InChI=1S/C16H19N3O2S/c1-11(16(20)21)22-15-12-6-2-3-7-13(12)17-14(18-15)10-19-8-4-5-9-19/h2-3,6-7,11H,4-5,8-10H2,1H3,(H,20,21)/t11-/m1/s1. The summed E-state index contributed by atoms with van der Waals surface area (Å²) in [5.41, 5.74) is 0.881. The van der Waals surface area contributed by atoms with Gasteiger partial charge in [0.15, 0.2) is 0 Å². The van der Waals surface area contributed by atoms with E-state index in [1.165, 1.54) is 24.6 Å². The molecule has 0 radical (unpaired) electrons. The number of aliphatic carboxylic acids is 1. The van der Waals surface area contributed by atoms with Gasteiger partial charge in [-0.15, -0.1) is 0 Å². The molecule has 22 heavy (non-hydrogen) atoms. The highest BCUT2D eigenvalue weighted by atomic mass is 32.2. The summed E-state index contributed by atoms with van der Waals surface area (Å²) in [5.74, 6) is -0.0468. The molecule has 1 fully saturated rings. The highest BCUT2D eigenvalue weighted by Crippen LogP contribution is 2.29. The van der Waals surface area contributed by atoms with Crippen LogP contribution in [-0.2, 0) is 11.3 Å². The van der Waals surface area contributed by atoms with E-state index in [-0.39, 0.29) is 0 Å². The molecule has 0 amide bonds. The van der Waals surface area contributed by atoms with Crippen LogP contribution in [0.15, 0.2) is 29.3 Å². The first-order valence-electron chi connectivity index (χ1n) is 7.51. The Kier molecular flexibility index (Phi) is 4.59. The number of carboxylic acids is 1. The minimum absolute atomic E-state index is 0.530. The lowest BCUT2D eigenvalue weighted by Gasteiger charge is -2.15. The van der Waals surface area contributed by atoms with E-state index in [1.54, 1.807) is 6.92 Å². The monoisotopic (exact) mass is 317 g/mol. The molecule has 1 N–H and O–H groups in total. The Morgan fingerprint density at radius 2 is 2.05 bits per heavy atom. The summed E-state index contributed by atoms with van der Waals surface area (Å²) in [4.78, 5) is 22.7. The van der Waals surface area contributed by atoms with Crippen molar-refractivity contribution in [1.82, 2.24) is 14.9 Å². The van der Waals surface area contributed by atoms with Crippen molar-refractivity contribution in [1.29, 1.82) is 0 Å². The first-order valence-corrected chi connectivity index (χ1v) is 8.39. The number of aromatic nitrogens is 2. The van der Waals surface area contributed by atoms with E-state index in [4.69, 9.17) is 5.11 Å². The SMILES string of the molecule is C[C@@H](Sc1nc(CN2CCCC2)nc2ccccc12)C(=O)O. The highest BCUT2D eigenvalue weighted by molar-refractivity contribution is 8.00. The third kappa shape index (κ3) is 3.39. The number of fused-ring (bicyclic) bond motifs is 1. The van der Waals surface area contributed by atoms with Crippen LogP contribution in [0.1, 0.15) is 25.6 Å². The molecule has 1 saturated heterocycles. The lowest BCUT2D eigenvalue weighted by Crippen LogP contribution is -2.20. The smallest absolute Gasteiger partial charge is 0.316 e. The maximum absolute atomic E-state index is 11.1. The van der Waals surface area contributed by atoms with Gasteiger partial charge in [0.1, 0.15) is 16.1 Å². The van der Waals surface area contributed by atoms with Gasteiger partial charge in [-0.2, -0.15) is 0 Å². The van der Waals surface area contributed by atoms with Gasteiger partial charge in [-0.3, -0.25) is 9.69 Å². The summed E-state index contributed by atoms with van der Waals surface area (Å²) >= 11 is 1.28. The normalized spacial score (nSPS) is 17.0. The fraction of sp³-hybridized carbons (Fsp3) is 0.438. The molecule has 116 valence electrons. The van der Waals surface area contributed by atoms with E-state index in [0.29, 0.717) is 0 Å². The number of hydrogen-bond acceptors (Lipinski definition) is 5. The number of rotatable bonds is 5. The van der Waals surface area contributed by atoms with Gasteiger partial charge in [0, 0.05) is 5.39 Å². The number of hydrogen-bond donors (Lipinski definition) is 1. The summed E-state index contributed by atoms with van der Waals surface area (Å²) in [6.07, 6.45) is 2.45. The minimum Gasteiger partial charge on any atom is -0.480 e. The number of para-hydroxylation sites is 1. The highest BCUT2D eigenvalue weighted by Gasteiger charge is 2.18. The molecule has 0 unspecified atom stereocenters. The Hall–Kier alpha value is -1.66. The van der Waals surface area contributed by atoms with Crippen molar-refractivity contribution in [3.63, 3.8) is 0 Å². The number of carboxylic acid groups (broad SMARTS) is 1. The zero-order valence-electron chi connectivity index (χ0n) is 12.5. The molecule has 5 nitrogen and oxygen atoms in total. The van der Waals surface area contributed by atoms with Gasteiger partial charge in [0.25, 0.3) is 0 Å². The van der Waals surface area contributed by atoms with E-state index in [2.05, 4.69) is 14.9 Å². The van der Waals surface area contributed by atoms with Crippen molar-refractivity contribution in [3.8, 4) is 0 Å². The number of thioether (sulfide) groups is 1. The molecule has 0 aliphatic carbocycles. The van der Waals surface area contributed by atoms with E-state index in [9.17, 15) is 4.79 Å². The number of benzene rings is 1. The zero-order valence-corrected chi connectivity index (χ0v) is 13.3. The second kappa shape index (κ2) is 6.62. The van der Waals surface area contributed by atoms with Crippen LogP contribution in [0.4, 0.5) is 0 Å². The number of carbonyl (C=O) groups is 1. The van der Waals surface area contributed by atoms with Crippen molar-refractivity contribution in [2.24, 2.45) is 0 Å². The minimum atomic E-state index is -0.825. The topological polar surface area (TPSA) is 66.3 Å². The fourth-order valence-electron chi connectivity index (χ4n) is 2.61. The molecular formula is C16H19N3O2S. The Morgan fingerprint density at radius 3 is 2.77 bits per heavy atom. The zero-order chi connectivity index (χ0) is 15.5. The second-order valence-electron chi connectivity index (χ2n) is 5.54. The van der Waals surface area contributed by atoms with Crippen molar-refractivity contribution >= 4 is 28.6 Å². The molecule has 1 aliphatic heterocycles. The Morgan fingerprint density at radius 1 is 1.32 bits per heavy atom. The molecule has 0 saturated carbocycles. The molecule has 2 heterocycles. The molecular weight excluding hydrogens is 298 g/mol. The molecule has 0 bridgehead atoms. The predicted octanol–water partition coefficient (Wildman–Crippen LogP) is 2.79. The van der Waals surface area contributed by atoms with Crippen molar-refractivity contribution in [2.75, 3.05) is 13.1 Å². The van der Waals surface area contributed by atoms with Crippen LogP contribution in [0.5, 0.6) is 0 Å². The van der Waals surface area contributed by atoms with Gasteiger partial charge in [0.2, 0.25) is 0 Å². The Bertz CT molecular complexity index is 686. The molecule has 1 aliphatic rings. The van der Waals surface area contributed by atoms with Crippen molar-refractivity contribution in [3.05, 3.63) is 30.1 Å². The molecule has 1 atom stereocenters. The predicted molar refractivity (Wildman–Crippen MR) is 87.0 cm³/mol. The summed E-state index contributed by atoms with van der Waals surface area (Å²) in [7, 11) is 0. The maximum Gasteiger partial charge on any atom is 0.316 e. The summed E-state index contributed by atoms with van der Waals surface area (Å²) in [5, 5.41) is 10.3. The maximum atomic E-state index is 11.1. The van der Waals surface area contributed by atoms with Gasteiger partial charge < -0.3 is 5.11 Å². The van der Waals surface area contributed by atoms with Crippen LogP contribution in [0.2, 0.25) is 0 Å². The van der Waals surface area contributed by atoms with E-state index in [0.717, 1.165) is 41.4 Å². The van der Waals surface area contributed by atoms with Gasteiger partial charge in [-0.05, 0) is 38.9 Å². The number of nitrogens with zero attached hydrogens (tertiary/aromatic N) is 3. The molecule has 1 aromatic carbocycles. The van der Waals surface area contributed by atoms with E-state index < -0.39 is 11.2 Å². The summed E-state index contributed by atoms with van der Waals surface area (Å²) in [6.45, 7) is 4.60. The third-order valence-electron chi connectivity index (χ3n) is 3.81. The first-order chi connectivity index (χ1) is 10.6. The molecule has 2 aromatic rings. The lowest BCUT2D eigenvalue weighted by molar-refractivity contribution is -0.136. The van der Waals surface area contributed by atoms with Crippen LogP contribution in [-0.4, -0.2) is 44.3 Å². The molecule has 0 spiro atoms. The Labute approximate surface area is 133 Å². The molecule has 3 rings (SSSR count). The molecule has 1 aromatic heterocycles. The van der Waals surface area contributed by atoms with Crippen molar-refractivity contribution < 1.29 is 9.90 Å². The van der Waals surface area contributed by atoms with Gasteiger partial charge in [0.05, 0.1) is 12.1 Å². The van der Waals surface area contributed by atoms with Crippen LogP contribution < -0.4 is 0 Å². The summed E-state index contributed by atoms with van der Waals surface area (Å²) < 4.78 is 0. The van der Waals surface area contributed by atoms with Crippen LogP contribution >= 0.6 is 11.8 Å². The van der Waals surface area contributed by atoms with E-state index >= 15 is 0 Å². The average molecular weight is 317 g/mol. The first kappa shape index (κ1) is 15.2. The average Bonchev–Trinajstić information content (AvgIpc) is 3.00. The van der Waals surface area contributed by atoms with Gasteiger partial charge >= 0.3 is 5.97 Å². The molecule has 6 heteroatoms. The number of likely N-dealkylation sites (tertiary alicyclic amines) is 1. The quantitative estimate of drug-likeness (QED) is 0.676. The summed E-state index contributed by atoms with van der Waals surface area (Å²) in [6, 6.07) is 7.79. The van der Waals surface area contributed by atoms with Crippen LogP contribution in [0, 0.1) is 0 Å². The van der Waals surface area contributed by atoms with E-state index in [1.807, 2.05) is 24.3 Å². The van der Waals surface area contributed by atoms with Gasteiger partial charge in [-0.25, -0.2) is 9.97 Å². The van der Waals surface area contributed by atoms with Crippen LogP contribution in [0.25, 0.3) is 10.9 Å². The Balaban J connectivity index is 1.94. The lowest BCUT2D eigenvalue weighted by atomic mass is 10.2. The van der Waals surface area contributed by atoms with Crippen LogP contribution in [0.3, 0.4) is 0 Å². The second-order valence-corrected chi connectivity index (χ2v) is 6.87.